The maximum absolute atomic E-state index is 6.45. The lowest BCUT2D eigenvalue weighted by molar-refractivity contribution is 0.670. The first kappa shape index (κ1) is 31.5. The van der Waals surface area contributed by atoms with Crippen LogP contribution in [0.25, 0.3) is 55.0 Å². The molecule has 1 aliphatic heterocycles. The summed E-state index contributed by atoms with van der Waals surface area (Å²) in [4.78, 5) is 4.99. The fraction of sp³-hybridized carbons (Fsp3) is 0.0189. The maximum atomic E-state index is 6.45. The van der Waals surface area contributed by atoms with E-state index in [2.05, 4.69) is 193 Å². The Balaban J connectivity index is 1.10. The largest absolute Gasteiger partial charge is 0.455 e. The summed E-state index contributed by atoms with van der Waals surface area (Å²) in [7, 11) is 0. The van der Waals surface area contributed by atoms with Crippen molar-refractivity contribution in [3.8, 4) is 22.3 Å². The highest BCUT2D eigenvalue weighted by molar-refractivity contribution is 7.99. The van der Waals surface area contributed by atoms with Crippen LogP contribution in [0, 0.1) is 0 Å². The van der Waals surface area contributed by atoms with Gasteiger partial charge in [0.05, 0.1) is 11.1 Å². The Labute approximate surface area is 329 Å². The third-order valence-electron chi connectivity index (χ3n) is 11.9. The number of hydrogen-bond donors (Lipinski definition) is 0. The molecule has 1 spiro atoms. The number of furan rings is 1. The van der Waals surface area contributed by atoms with E-state index in [9.17, 15) is 0 Å². The lowest BCUT2D eigenvalue weighted by Gasteiger charge is -2.42. The third-order valence-corrected chi connectivity index (χ3v) is 13.1. The zero-order valence-corrected chi connectivity index (χ0v) is 31.1. The monoisotopic (exact) mass is 731 g/mol. The molecule has 0 atom stereocenters. The lowest BCUT2D eigenvalue weighted by atomic mass is 9.66. The normalized spacial score (nSPS) is 13.4. The molecule has 2 nitrogen and oxygen atoms in total. The summed E-state index contributed by atoms with van der Waals surface area (Å²) in [5, 5.41) is 4.84. The summed E-state index contributed by atoms with van der Waals surface area (Å²) in [5.41, 5.74) is 14.9. The number of hydrogen-bond acceptors (Lipinski definition) is 3. The van der Waals surface area contributed by atoms with Gasteiger partial charge in [0.25, 0.3) is 0 Å². The fourth-order valence-corrected chi connectivity index (χ4v) is 11.0. The van der Waals surface area contributed by atoms with Gasteiger partial charge in [0.2, 0.25) is 0 Å². The molecule has 10 aromatic rings. The molecule has 0 saturated carbocycles. The van der Waals surface area contributed by atoms with Crippen molar-refractivity contribution in [2.75, 3.05) is 4.90 Å². The first-order chi connectivity index (χ1) is 27.8. The first-order valence-electron chi connectivity index (χ1n) is 19.2. The number of para-hydroxylation sites is 3. The van der Waals surface area contributed by atoms with Crippen molar-refractivity contribution in [1.29, 1.82) is 0 Å². The smallest absolute Gasteiger partial charge is 0.143 e. The van der Waals surface area contributed by atoms with Crippen molar-refractivity contribution >= 4 is 61.5 Å². The quantitative estimate of drug-likeness (QED) is 0.179. The zero-order chi connectivity index (χ0) is 36.8. The summed E-state index contributed by atoms with van der Waals surface area (Å²) in [6, 6.07) is 73.2. The van der Waals surface area contributed by atoms with Gasteiger partial charge in [-0.2, -0.15) is 0 Å². The second-order valence-electron chi connectivity index (χ2n) is 14.8. The third kappa shape index (κ3) is 4.35. The molecule has 0 unspecified atom stereocenters. The number of nitrogens with zero attached hydrogens (tertiary/aromatic N) is 1. The van der Waals surface area contributed by atoms with E-state index in [0.717, 1.165) is 50.1 Å². The van der Waals surface area contributed by atoms with Gasteiger partial charge in [0, 0.05) is 37.5 Å². The summed E-state index contributed by atoms with van der Waals surface area (Å²) >= 11 is 1.90. The predicted octanol–water partition coefficient (Wildman–Crippen LogP) is 14.7. The van der Waals surface area contributed by atoms with E-state index in [1.807, 2.05) is 23.9 Å². The summed E-state index contributed by atoms with van der Waals surface area (Å²) in [5.74, 6) is 0. The lowest BCUT2D eigenvalue weighted by Crippen LogP contribution is -2.33. The van der Waals surface area contributed by atoms with Crippen LogP contribution in [0.4, 0.5) is 17.1 Å². The highest BCUT2D eigenvalue weighted by Gasteiger charge is 2.51. The van der Waals surface area contributed by atoms with Crippen LogP contribution in [0.5, 0.6) is 0 Å². The van der Waals surface area contributed by atoms with Crippen molar-refractivity contribution in [3.63, 3.8) is 0 Å². The van der Waals surface area contributed by atoms with E-state index in [-0.39, 0.29) is 0 Å². The van der Waals surface area contributed by atoms with Crippen molar-refractivity contribution in [3.05, 3.63) is 222 Å². The molecule has 2 aliphatic rings. The molecule has 1 aliphatic carbocycles. The molecule has 0 amide bonds. The molecule has 3 heteroatoms. The minimum atomic E-state index is -0.503. The van der Waals surface area contributed by atoms with Crippen molar-refractivity contribution in [2.24, 2.45) is 0 Å². The van der Waals surface area contributed by atoms with Gasteiger partial charge in [0.15, 0.2) is 0 Å². The maximum Gasteiger partial charge on any atom is 0.143 e. The average molecular weight is 732 g/mol. The molecule has 0 radical (unpaired) electrons. The van der Waals surface area contributed by atoms with E-state index in [4.69, 9.17) is 4.42 Å². The van der Waals surface area contributed by atoms with E-state index in [1.54, 1.807) is 0 Å². The predicted molar refractivity (Wildman–Crippen MR) is 233 cm³/mol. The average Bonchev–Trinajstić information content (AvgIpc) is 3.79. The molecule has 12 rings (SSSR count). The molecule has 56 heavy (non-hydrogen) atoms. The van der Waals surface area contributed by atoms with Crippen LogP contribution in [-0.4, -0.2) is 0 Å². The molecule has 262 valence electrons. The topological polar surface area (TPSA) is 16.4 Å². The first-order valence-corrected chi connectivity index (χ1v) is 20.0. The SMILES string of the molecule is c1ccc(N(c2ccc(-c3cccc4c3oc3ccccc34)cc2)c2cccc3c2Sc2ccc4ccccc4c2C32c3ccccc3-c3ccccc32)cc1. The Morgan fingerprint density at radius 3 is 1.84 bits per heavy atom. The van der Waals surface area contributed by atoms with E-state index in [0.29, 0.717) is 0 Å². The van der Waals surface area contributed by atoms with Crippen LogP contribution in [-0.2, 0) is 5.41 Å². The van der Waals surface area contributed by atoms with Crippen LogP contribution in [0.3, 0.4) is 0 Å². The van der Waals surface area contributed by atoms with Crippen molar-refractivity contribution < 1.29 is 4.42 Å². The van der Waals surface area contributed by atoms with E-state index in [1.165, 1.54) is 53.9 Å². The second kappa shape index (κ2) is 12.1. The molecular formula is C53H33NOS. The van der Waals surface area contributed by atoms with Crippen molar-refractivity contribution in [2.45, 2.75) is 15.2 Å². The van der Waals surface area contributed by atoms with Crippen LogP contribution in [0.15, 0.2) is 214 Å². The standard InChI is InChI=1S/C53H33NOS/c1-2-15-36(16-3-1)54(37-31-28-35(29-32-37)39-21-12-22-43-42-20-8-11-27-48(42)55-51(39)43)47-26-13-25-46-52(47)56-49-33-30-34-14-4-5-17-38(34)50(49)53(46)44-23-9-6-18-40(44)41-19-7-10-24-45(41)53/h1-33H. The van der Waals surface area contributed by atoms with Gasteiger partial charge >= 0.3 is 0 Å². The summed E-state index contributed by atoms with van der Waals surface area (Å²) < 4.78 is 6.45. The highest BCUT2D eigenvalue weighted by atomic mass is 32.2. The van der Waals surface area contributed by atoms with Gasteiger partial charge < -0.3 is 9.32 Å². The Morgan fingerprint density at radius 1 is 0.429 bits per heavy atom. The van der Waals surface area contributed by atoms with E-state index < -0.39 is 5.41 Å². The summed E-state index contributed by atoms with van der Waals surface area (Å²) in [6.07, 6.45) is 0. The second-order valence-corrected chi connectivity index (χ2v) is 15.8. The van der Waals surface area contributed by atoms with Crippen molar-refractivity contribution in [1.82, 2.24) is 0 Å². The van der Waals surface area contributed by atoms with Gasteiger partial charge in [-0.05, 0) is 92.2 Å². The molecular weight excluding hydrogens is 699 g/mol. The number of rotatable bonds is 4. The summed E-state index contributed by atoms with van der Waals surface area (Å²) in [6.45, 7) is 0. The number of anilines is 3. The molecule has 0 N–H and O–H groups in total. The molecule has 1 aromatic heterocycles. The molecule has 0 bridgehead atoms. The van der Waals surface area contributed by atoms with Gasteiger partial charge in [0.1, 0.15) is 11.2 Å². The highest BCUT2D eigenvalue weighted by Crippen LogP contribution is 2.65. The zero-order valence-electron chi connectivity index (χ0n) is 30.3. The minimum absolute atomic E-state index is 0.503. The van der Waals surface area contributed by atoms with Gasteiger partial charge in [-0.25, -0.2) is 0 Å². The Kier molecular flexibility index (Phi) is 6.81. The minimum Gasteiger partial charge on any atom is -0.455 e. The Morgan fingerprint density at radius 2 is 1.04 bits per heavy atom. The van der Waals surface area contributed by atoms with Gasteiger partial charge in [-0.15, -0.1) is 0 Å². The van der Waals surface area contributed by atoms with Crippen LogP contribution in [0.2, 0.25) is 0 Å². The molecule has 2 heterocycles. The Hall–Kier alpha value is -6.81. The van der Waals surface area contributed by atoms with Crippen LogP contribution >= 0.6 is 11.8 Å². The number of fused-ring (bicyclic) bond motifs is 14. The van der Waals surface area contributed by atoms with Crippen LogP contribution in [0.1, 0.15) is 22.3 Å². The number of benzene rings is 9. The van der Waals surface area contributed by atoms with Gasteiger partial charge in [-0.1, -0.05) is 169 Å². The molecule has 0 fully saturated rings. The van der Waals surface area contributed by atoms with E-state index >= 15 is 0 Å². The van der Waals surface area contributed by atoms with Gasteiger partial charge in [-0.3, -0.25) is 0 Å². The van der Waals surface area contributed by atoms with Crippen LogP contribution < -0.4 is 4.90 Å². The molecule has 0 saturated heterocycles. The Bertz CT molecular complexity index is 3130. The molecule has 9 aromatic carbocycles. The fourth-order valence-electron chi connectivity index (χ4n) is 9.63.